The Morgan fingerprint density at radius 2 is 1.60 bits per heavy atom. The SMILES string of the molecule is CC/C=C(/c1ccccc1)c1c(C)c2c(n1C(C)(C)C)C(c1ccccc1)=CCC2. The van der Waals surface area contributed by atoms with Gasteiger partial charge in [-0.15, -0.1) is 0 Å². The number of hydrogen-bond acceptors (Lipinski definition) is 0. The van der Waals surface area contributed by atoms with Gasteiger partial charge >= 0.3 is 0 Å². The van der Waals surface area contributed by atoms with E-state index in [9.17, 15) is 0 Å². The van der Waals surface area contributed by atoms with Gasteiger partial charge in [0, 0.05) is 16.7 Å². The average molecular weight is 396 g/mol. The van der Waals surface area contributed by atoms with E-state index >= 15 is 0 Å². The van der Waals surface area contributed by atoms with Crippen molar-refractivity contribution in [1.29, 1.82) is 0 Å². The molecule has 1 aromatic heterocycles. The quantitative estimate of drug-likeness (QED) is 0.425. The third-order valence-electron chi connectivity index (χ3n) is 6.04. The Balaban J connectivity index is 2.04. The molecule has 1 heteroatoms. The summed E-state index contributed by atoms with van der Waals surface area (Å²) in [4.78, 5) is 0. The summed E-state index contributed by atoms with van der Waals surface area (Å²) < 4.78 is 2.62. The number of nitrogens with zero attached hydrogens (tertiary/aromatic N) is 1. The van der Waals surface area contributed by atoms with E-state index in [4.69, 9.17) is 0 Å². The van der Waals surface area contributed by atoms with Crippen molar-refractivity contribution in [2.75, 3.05) is 0 Å². The molecule has 0 bridgehead atoms. The fourth-order valence-electron chi connectivity index (χ4n) is 4.82. The average Bonchev–Trinajstić information content (AvgIpc) is 3.06. The Morgan fingerprint density at radius 1 is 0.967 bits per heavy atom. The van der Waals surface area contributed by atoms with Gasteiger partial charge in [0.25, 0.3) is 0 Å². The summed E-state index contributed by atoms with van der Waals surface area (Å²) in [7, 11) is 0. The molecule has 0 atom stereocenters. The summed E-state index contributed by atoms with van der Waals surface area (Å²) in [5, 5.41) is 0. The molecule has 4 rings (SSSR count). The van der Waals surface area contributed by atoms with Crippen LogP contribution >= 0.6 is 0 Å². The van der Waals surface area contributed by atoms with Gasteiger partial charge < -0.3 is 4.57 Å². The Labute approximate surface area is 181 Å². The van der Waals surface area contributed by atoms with Crippen LogP contribution in [-0.4, -0.2) is 4.57 Å². The van der Waals surface area contributed by atoms with Crippen molar-refractivity contribution in [2.24, 2.45) is 0 Å². The molecule has 0 saturated heterocycles. The molecule has 0 saturated carbocycles. The number of fused-ring (bicyclic) bond motifs is 1. The van der Waals surface area contributed by atoms with Crippen LogP contribution < -0.4 is 0 Å². The largest absolute Gasteiger partial charge is 0.335 e. The van der Waals surface area contributed by atoms with Crippen LogP contribution in [0, 0.1) is 6.92 Å². The molecule has 0 unspecified atom stereocenters. The van der Waals surface area contributed by atoms with Crippen molar-refractivity contribution >= 4 is 11.1 Å². The number of hydrogen-bond donors (Lipinski definition) is 0. The van der Waals surface area contributed by atoms with Gasteiger partial charge in [-0.3, -0.25) is 0 Å². The zero-order valence-corrected chi connectivity index (χ0v) is 19.0. The Hall–Kier alpha value is -2.80. The lowest BCUT2D eigenvalue weighted by atomic mass is 9.89. The summed E-state index contributed by atoms with van der Waals surface area (Å²) in [5.74, 6) is 0. The molecule has 30 heavy (non-hydrogen) atoms. The number of benzene rings is 2. The number of rotatable bonds is 4. The molecule has 154 valence electrons. The Bertz CT molecular complexity index is 1090. The molecule has 0 radical (unpaired) electrons. The molecule has 1 aliphatic carbocycles. The van der Waals surface area contributed by atoms with Gasteiger partial charge in [-0.05, 0) is 69.2 Å². The topological polar surface area (TPSA) is 4.93 Å². The lowest BCUT2D eigenvalue weighted by Crippen LogP contribution is -2.26. The zero-order chi connectivity index (χ0) is 21.3. The lowest BCUT2D eigenvalue weighted by Gasteiger charge is -2.31. The van der Waals surface area contributed by atoms with Gasteiger partial charge in [-0.1, -0.05) is 79.7 Å². The molecule has 0 amide bonds. The summed E-state index contributed by atoms with van der Waals surface area (Å²) in [5.41, 5.74) is 11.1. The fourth-order valence-corrected chi connectivity index (χ4v) is 4.82. The van der Waals surface area contributed by atoms with E-state index in [1.165, 1.54) is 44.8 Å². The first-order chi connectivity index (χ1) is 14.4. The van der Waals surface area contributed by atoms with Crippen LogP contribution in [0.15, 0.2) is 72.8 Å². The van der Waals surface area contributed by atoms with E-state index in [1.54, 1.807) is 0 Å². The highest BCUT2D eigenvalue weighted by Gasteiger charge is 2.32. The second kappa shape index (κ2) is 8.14. The van der Waals surface area contributed by atoms with Crippen LogP contribution in [0.5, 0.6) is 0 Å². The maximum Gasteiger partial charge on any atom is 0.0528 e. The predicted octanol–water partition coefficient (Wildman–Crippen LogP) is 7.77. The van der Waals surface area contributed by atoms with Gasteiger partial charge in [-0.2, -0.15) is 0 Å². The third kappa shape index (κ3) is 3.58. The molecule has 0 spiro atoms. The van der Waals surface area contributed by atoms with E-state index in [0.29, 0.717) is 0 Å². The second-order valence-corrected chi connectivity index (χ2v) is 9.22. The summed E-state index contributed by atoms with van der Waals surface area (Å²) in [6, 6.07) is 21.8. The fraction of sp³-hybridized carbons (Fsp3) is 0.310. The highest BCUT2D eigenvalue weighted by Crippen LogP contribution is 2.43. The summed E-state index contributed by atoms with van der Waals surface area (Å²) in [6.45, 7) is 11.6. The first-order valence-electron chi connectivity index (χ1n) is 11.2. The first kappa shape index (κ1) is 20.5. The molecular weight excluding hydrogens is 362 g/mol. The van der Waals surface area contributed by atoms with Crippen LogP contribution in [0.25, 0.3) is 11.1 Å². The van der Waals surface area contributed by atoms with Gasteiger partial charge in [0.1, 0.15) is 0 Å². The van der Waals surface area contributed by atoms with Crippen molar-refractivity contribution in [3.63, 3.8) is 0 Å². The van der Waals surface area contributed by atoms with Crippen molar-refractivity contribution in [2.45, 2.75) is 59.4 Å². The zero-order valence-electron chi connectivity index (χ0n) is 19.0. The maximum atomic E-state index is 2.62. The summed E-state index contributed by atoms with van der Waals surface area (Å²) in [6.07, 6.45) is 8.07. The maximum absolute atomic E-state index is 2.62. The standard InChI is InChI=1S/C29H33N/c1-6-14-25(22-15-9-7-10-16-22)27-21(2)24-19-13-20-26(23-17-11-8-12-18-23)28(24)30(27)29(3,4)5/h7-12,14-18,20H,6,13,19H2,1-5H3/b25-14-. The van der Waals surface area contributed by atoms with Crippen molar-refractivity contribution in [3.8, 4) is 0 Å². The van der Waals surface area contributed by atoms with Gasteiger partial charge in [0.05, 0.1) is 11.4 Å². The minimum absolute atomic E-state index is 0.0273. The Morgan fingerprint density at radius 3 is 2.20 bits per heavy atom. The van der Waals surface area contributed by atoms with Crippen LogP contribution in [0.2, 0.25) is 0 Å². The van der Waals surface area contributed by atoms with E-state index in [-0.39, 0.29) is 5.54 Å². The molecule has 2 aromatic carbocycles. The molecule has 0 aliphatic heterocycles. The van der Waals surface area contributed by atoms with E-state index in [2.05, 4.69) is 112 Å². The van der Waals surface area contributed by atoms with E-state index < -0.39 is 0 Å². The second-order valence-electron chi connectivity index (χ2n) is 9.22. The van der Waals surface area contributed by atoms with E-state index in [1.807, 2.05) is 0 Å². The number of aromatic nitrogens is 1. The normalized spacial score (nSPS) is 14.4. The van der Waals surface area contributed by atoms with Gasteiger partial charge in [0.2, 0.25) is 0 Å². The number of allylic oxidation sites excluding steroid dienone is 2. The van der Waals surface area contributed by atoms with Crippen LogP contribution in [0.1, 0.15) is 74.2 Å². The van der Waals surface area contributed by atoms with Gasteiger partial charge in [0.15, 0.2) is 0 Å². The molecular formula is C29H33N. The Kier molecular flexibility index (Phi) is 5.56. The minimum Gasteiger partial charge on any atom is -0.335 e. The van der Waals surface area contributed by atoms with Crippen molar-refractivity contribution in [1.82, 2.24) is 4.57 Å². The smallest absolute Gasteiger partial charge is 0.0528 e. The molecule has 0 fully saturated rings. The third-order valence-corrected chi connectivity index (χ3v) is 6.04. The molecule has 1 nitrogen and oxygen atoms in total. The molecule has 3 aromatic rings. The first-order valence-corrected chi connectivity index (χ1v) is 11.2. The highest BCUT2D eigenvalue weighted by molar-refractivity contribution is 5.87. The van der Waals surface area contributed by atoms with Crippen LogP contribution in [0.3, 0.4) is 0 Å². The van der Waals surface area contributed by atoms with E-state index in [0.717, 1.165) is 19.3 Å². The van der Waals surface area contributed by atoms with Crippen LogP contribution in [0.4, 0.5) is 0 Å². The van der Waals surface area contributed by atoms with Crippen molar-refractivity contribution in [3.05, 3.63) is 106 Å². The predicted molar refractivity (Wildman–Crippen MR) is 130 cm³/mol. The highest BCUT2D eigenvalue weighted by atomic mass is 15.1. The molecule has 1 heterocycles. The molecule has 1 aliphatic rings. The summed E-state index contributed by atoms with van der Waals surface area (Å²) >= 11 is 0. The minimum atomic E-state index is -0.0273. The molecule has 0 N–H and O–H groups in total. The van der Waals surface area contributed by atoms with Crippen molar-refractivity contribution < 1.29 is 0 Å². The van der Waals surface area contributed by atoms with Crippen LogP contribution in [-0.2, 0) is 12.0 Å². The lowest BCUT2D eigenvalue weighted by molar-refractivity contribution is 0.391. The van der Waals surface area contributed by atoms with Gasteiger partial charge in [-0.25, -0.2) is 0 Å². The monoisotopic (exact) mass is 395 g/mol.